The normalized spacial score (nSPS) is 22.3. The zero-order valence-corrected chi connectivity index (χ0v) is 15.2. The van der Waals surface area contributed by atoms with Crippen LogP contribution in [0.5, 0.6) is 5.75 Å². The van der Waals surface area contributed by atoms with Crippen LogP contribution >= 0.6 is 0 Å². The lowest BCUT2D eigenvalue weighted by atomic mass is 9.87. The Balaban J connectivity index is 1.59. The monoisotopic (exact) mass is 355 g/mol. The molecule has 0 N–H and O–H groups in total. The van der Waals surface area contributed by atoms with Crippen LogP contribution in [-0.4, -0.2) is 53.5 Å². The van der Waals surface area contributed by atoms with Crippen molar-refractivity contribution in [2.45, 2.75) is 26.2 Å². The Morgan fingerprint density at radius 2 is 2.15 bits per heavy atom. The molecule has 1 spiro atoms. The Morgan fingerprint density at radius 3 is 2.88 bits per heavy atom. The van der Waals surface area contributed by atoms with E-state index in [0.29, 0.717) is 18.1 Å². The molecule has 6 nitrogen and oxygen atoms in total. The van der Waals surface area contributed by atoms with Crippen LogP contribution < -0.4 is 4.74 Å². The van der Waals surface area contributed by atoms with Crippen LogP contribution in [0.25, 0.3) is 5.69 Å². The van der Waals surface area contributed by atoms with Gasteiger partial charge in [0.05, 0.1) is 25.1 Å². The molecule has 1 amide bonds. The van der Waals surface area contributed by atoms with E-state index >= 15 is 0 Å². The summed E-state index contributed by atoms with van der Waals surface area (Å²) < 4.78 is 13.1. The zero-order chi connectivity index (χ0) is 18.0. The highest BCUT2D eigenvalue weighted by Crippen LogP contribution is 2.39. The molecule has 0 aliphatic carbocycles. The van der Waals surface area contributed by atoms with E-state index in [-0.39, 0.29) is 11.3 Å². The van der Waals surface area contributed by atoms with Gasteiger partial charge in [0.15, 0.2) is 11.4 Å². The minimum absolute atomic E-state index is 0.0467. The third kappa shape index (κ3) is 3.21. The van der Waals surface area contributed by atoms with Crippen molar-refractivity contribution in [1.82, 2.24) is 14.7 Å². The van der Waals surface area contributed by atoms with Gasteiger partial charge in [-0.1, -0.05) is 25.1 Å². The van der Waals surface area contributed by atoms with E-state index < -0.39 is 0 Å². The summed E-state index contributed by atoms with van der Waals surface area (Å²) >= 11 is 0. The van der Waals surface area contributed by atoms with E-state index in [4.69, 9.17) is 9.47 Å². The molecule has 3 heterocycles. The van der Waals surface area contributed by atoms with E-state index in [1.807, 2.05) is 48.4 Å². The molecule has 0 radical (unpaired) electrons. The Kier molecular flexibility index (Phi) is 4.68. The minimum atomic E-state index is -0.0467. The number of aromatic nitrogens is 2. The summed E-state index contributed by atoms with van der Waals surface area (Å²) in [5.74, 6) is 0.513. The molecule has 0 unspecified atom stereocenters. The first-order valence-corrected chi connectivity index (χ1v) is 9.36. The number of carbonyl (C=O) groups is 1. The maximum absolute atomic E-state index is 13.1. The molecule has 0 bridgehead atoms. The molecule has 138 valence electrons. The van der Waals surface area contributed by atoms with Crippen molar-refractivity contribution in [1.29, 1.82) is 0 Å². The van der Waals surface area contributed by atoms with Crippen LogP contribution in [-0.2, 0) is 4.74 Å². The molecule has 2 saturated heterocycles. The van der Waals surface area contributed by atoms with Crippen molar-refractivity contribution in [2.75, 3.05) is 32.9 Å². The quantitative estimate of drug-likeness (QED) is 0.827. The zero-order valence-electron chi connectivity index (χ0n) is 15.2. The van der Waals surface area contributed by atoms with Gasteiger partial charge in [-0.15, -0.1) is 0 Å². The Hall–Kier alpha value is -2.34. The maximum Gasteiger partial charge on any atom is 0.278 e. The van der Waals surface area contributed by atoms with Crippen LogP contribution in [0, 0.1) is 5.41 Å². The van der Waals surface area contributed by atoms with Crippen LogP contribution in [0.2, 0.25) is 0 Å². The first-order chi connectivity index (χ1) is 12.7. The van der Waals surface area contributed by atoms with Gasteiger partial charge in [-0.3, -0.25) is 4.79 Å². The summed E-state index contributed by atoms with van der Waals surface area (Å²) in [5.41, 5.74) is 1.45. The predicted octanol–water partition coefficient (Wildman–Crippen LogP) is 2.91. The SMILES string of the molecule is CCCOc1cn(-c2ccccc2)nc1C(=O)N1CC[C@@]2(CCOC2)C1. The summed E-state index contributed by atoms with van der Waals surface area (Å²) in [4.78, 5) is 15.1. The van der Waals surface area contributed by atoms with Gasteiger partial charge in [0.25, 0.3) is 5.91 Å². The lowest BCUT2D eigenvalue weighted by Gasteiger charge is -2.21. The highest BCUT2D eigenvalue weighted by atomic mass is 16.5. The number of carbonyl (C=O) groups excluding carboxylic acids is 1. The first-order valence-electron chi connectivity index (χ1n) is 9.36. The second kappa shape index (κ2) is 7.11. The minimum Gasteiger partial charge on any atom is -0.489 e. The molecule has 2 aliphatic heterocycles. The fourth-order valence-electron chi connectivity index (χ4n) is 3.77. The molecular weight excluding hydrogens is 330 g/mol. The van der Waals surface area contributed by atoms with Crippen LogP contribution in [0.1, 0.15) is 36.7 Å². The van der Waals surface area contributed by atoms with Gasteiger partial charge in [-0.05, 0) is 31.4 Å². The van der Waals surface area contributed by atoms with E-state index in [1.54, 1.807) is 4.68 Å². The number of ether oxygens (including phenoxy) is 2. The van der Waals surface area contributed by atoms with Crippen molar-refractivity contribution >= 4 is 5.91 Å². The topological polar surface area (TPSA) is 56.6 Å². The number of likely N-dealkylation sites (tertiary alicyclic amines) is 1. The van der Waals surface area contributed by atoms with Gasteiger partial charge >= 0.3 is 0 Å². The molecule has 1 aromatic heterocycles. The van der Waals surface area contributed by atoms with Gasteiger partial charge in [0, 0.05) is 25.1 Å². The third-order valence-electron chi connectivity index (χ3n) is 5.28. The largest absolute Gasteiger partial charge is 0.489 e. The lowest BCUT2D eigenvalue weighted by molar-refractivity contribution is 0.0755. The van der Waals surface area contributed by atoms with Crippen molar-refractivity contribution in [3.8, 4) is 11.4 Å². The molecule has 0 saturated carbocycles. The van der Waals surface area contributed by atoms with Crippen molar-refractivity contribution in [3.63, 3.8) is 0 Å². The summed E-state index contributed by atoms with van der Waals surface area (Å²) in [7, 11) is 0. The average Bonchev–Trinajstić information content (AvgIpc) is 3.41. The molecular formula is C20H25N3O3. The van der Waals surface area contributed by atoms with E-state index in [9.17, 15) is 4.79 Å². The van der Waals surface area contributed by atoms with Crippen molar-refractivity contribution < 1.29 is 14.3 Å². The Labute approximate surface area is 153 Å². The number of rotatable bonds is 5. The molecule has 6 heteroatoms. The summed E-state index contributed by atoms with van der Waals surface area (Å²) in [6, 6.07) is 9.79. The number of hydrogen-bond acceptors (Lipinski definition) is 4. The summed E-state index contributed by atoms with van der Waals surface area (Å²) in [6.45, 7) is 5.68. The highest BCUT2D eigenvalue weighted by molar-refractivity contribution is 5.95. The number of amides is 1. The van der Waals surface area contributed by atoms with Crippen LogP contribution in [0.3, 0.4) is 0 Å². The van der Waals surface area contributed by atoms with E-state index in [1.165, 1.54) is 0 Å². The highest BCUT2D eigenvalue weighted by Gasteiger charge is 2.43. The van der Waals surface area contributed by atoms with E-state index in [0.717, 1.165) is 51.3 Å². The standard InChI is InChI=1S/C20H25N3O3/c1-2-11-26-17-13-23(16-6-4-3-5-7-16)21-18(17)19(24)22-10-8-20(14-22)9-12-25-15-20/h3-7,13H,2,8-12,14-15H2,1H3/t20-/m1/s1. The third-order valence-corrected chi connectivity index (χ3v) is 5.28. The number of nitrogens with zero attached hydrogens (tertiary/aromatic N) is 3. The van der Waals surface area contributed by atoms with Gasteiger partial charge in [-0.2, -0.15) is 5.10 Å². The van der Waals surface area contributed by atoms with Gasteiger partial charge in [0.1, 0.15) is 0 Å². The molecule has 2 aliphatic rings. The van der Waals surface area contributed by atoms with Gasteiger partial charge in [-0.25, -0.2) is 4.68 Å². The van der Waals surface area contributed by atoms with Gasteiger partial charge in [0.2, 0.25) is 0 Å². The predicted molar refractivity (Wildman–Crippen MR) is 97.7 cm³/mol. The first kappa shape index (κ1) is 17.1. The van der Waals surface area contributed by atoms with Crippen molar-refractivity contribution in [3.05, 3.63) is 42.2 Å². The second-order valence-electron chi connectivity index (χ2n) is 7.25. The number of hydrogen-bond donors (Lipinski definition) is 0. The van der Waals surface area contributed by atoms with Gasteiger partial charge < -0.3 is 14.4 Å². The molecule has 2 aromatic rings. The second-order valence-corrected chi connectivity index (χ2v) is 7.25. The summed E-state index contributed by atoms with van der Waals surface area (Å²) in [6.07, 6.45) is 4.73. The number of para-hydroxylation sites is 1. The lowest BCUT2D eigenvalue weighted by Crippen LogP contribution is -2.33. The number of benzene rings is 1. The van der Waals surface area contributed by atoms with Crippen molar-refractivity contribution in [2.24, 2.45) is 5.41 Å². The Bertz CT molecular complexity index is 766. The molecule has 1 atom stereocenters. The molecule has 2 fully saturated rings. The Morgan fingerprint density at radius 1 is 1.31 bits per heavy atom. The van der Waals surface area contributed by atoms with Crippen LogP contribution in [0.15, 0.2) is 36.5 Å². The fraction of sp³-hybridized carbons (Fsp3) is 0.500. The maximum atomic E-state index is 13.1. The van der Waals surface area contributed by atoms with Crippen LogP contribution in [0.4, 0.5) is 0 Å². The average molecular weight is 355 g/mol. The molecule has 4 rings (SSSR count). The smallest absolute Gasteiger partial charge is 0.278 e. The molecule has 26 heavy (non-hydrogen) atoms. The van der Waals surface area contributed by atoms with E-state index in [2.05, 4.69) is 5.10 Å². The fourth-order valence-corrected chi connectivity index (χ4v) is 3.77. The molecule has 1 aromatic carbocycles. The summed E-state index contributed by atoms with van der Waals surface area (Å²) in [5, 5.41) is 4.56.